The maximum absolute atomic E-state index is 9.91. The van der Waals surface area contributed by atoms with Crippen LogP contribution >= 0.6 is 0 Å². The van der Waals surface area contributed by atoms with Crippen LogP contribution < -0.4 is 0 Å². The second-order valence-electron chi connectivity index (χ2n) is 8.72. The Morgan fingerprint density at radius 2 is 1.53 bits per heavy atom. The molecule has 0 unspecified atom stereocenters. The second-order valence-corrected chi connectivity index (χ2v) is 8.72. The van der Waals surface area contributed by atoms with Gasteiger partial charge in [-0.05, 0) is 95.6 Å². The third kappa shape index (κ3) is 3.16. The molecule has 4 rings (SSSR count). The molecule has 110 valence electrons. The predicted octanol–water partition coefficient (Wildman–Crippen LogP) is 3.30. The highest BCUT2D eigenvalue weighted by Gasteiger charge is 2.50. The highest BCUT2D eigenvalue weighted by Crippen LogP contribution is 2.61. The van der Waals surface area contributed by atoms with Crippen molar-refractivity contribution in [3.05, 3.63) is 0 Å². The van der Waals surface area contributed by atoms with Crippen molar-refractivity contribution in [1.29, 1.82) is 0 Å². The van der Waals surface area contributed by atoms with E-state index in [4.69, 9.17) is 0 Å². The minimum absolute atomic E-state index is 0.559. The smallest absolute Gasteiger partial charge is 0.0718 e. The Hall–Kier alpha value is -0.0800. The molecule has 4 fully saturated rings. The fraction of sp³-hybridized carbons (Fsp3) is 1.00. The minimum Gasteiger partial charge on any atom is -0.389 e. The van der Waals surface area contributed by atoms with E-state index in [9.17, 15) is 5.11 Å². The summed E-state index contributed by atoms with van der Waals surface area (Å²) < 4.78 is 0. The van der Waals surface area contributed by atoms with Gasteiger partial charge in [0.05, 0.1) is 5.60 Å². The van der Waals surface area contributed by atoms with E-state index in [1.807, 2.05) is 13.8 Å². The second kappa shape index (κ2) is 4.73. The van der Waals surface area contributed by atoms with E-state index in [-0.39, 0.29) is 0 Å². The van der Waals surface area contributed by atoms with Gasteiger partial charge < -0.3 is 10.0 Å². The lowest BCUT2D eigenvalue weighted by Crippen LogP contribution is -2.47. The predicted molar refractivity (Wildman–Crippen MR) is 79.0 cm³/mol. The number of hydrogen-bond acceptors (Lipinski definition) is 2. The Morgan fingerprint density at radius 1 is 1.05 bits per heavy atom. The first kappa shape index (κ1) is 13.9. The van der Waals surface area contributed by atoms with E-state index in [1.165, 1.54) is 44.9 Å². The molecule has 4 saturated carbocycles. The van der Waals surface area contributed by atoms with Crippen LogP contribution in [-0.2, 0) is 0 Å². The van der Waals surface area contributed by atoms with Gasteiger partial charge in [-0.1, -0.05) is 0 Å². The molecule has 0 aromatic rings. The topological polar surface area (TPSA) is 23.5 Å². The Labute approximate surface area is 118 Å². The molecule has 0 aromatic carbocycles. The van der Waals surface area contributed by atoms with Gasteiger partial charge in [0.15, 0.2) is 0 Å². The molecule has 0 spiro atoms. The highest BCUT2D eigenvalue weighted by molar-refractivity contribution is 5.01. The van der Waals surface area contributed by atoms with Crippen molar-refractivity contribution in [2.45, 2.75) is 64.4 Å². The largest absolute Gasteiger partial charge is 0.389 e. The summed E-state index contributed by atoms with van der Waals surface area (Å²) in [6.45, 7) is 5.78. The molecule has 0 aliphatic heterocycles. The lowest BCUT2D eigenvalue weighted by molar-refractivity contribution is -0.0624. The van der Waals surface area contributed by atoms with Crippen LogP contribution in [0.2, 0.25) is 0 Å². The zero-order chi connectivity index (χ0) is 13.7. The van der Waals surface area contributed by atoms with Gasteiger partial charge in [-0.3, -0.25) is 0 Å². The van der Waals surface area contributed by atoms with E-state index in [2.05, 4.69) is 11.9 Å². The third-order valence-corrected chi connectivity index (χ3v) is 5.85. The molecule has 0 atom stereocenters. The van der Waals surface area contributed by atoms with E-state index < -0.39 is 5.60 Å². The monoisotopic (exact) mass is 265 g/mol. The standard InChI is InChI=1S/C17H31NO/c1-16(2,19)12-18(3)5-4-17-9-13-6-14(10-17)8-15(7-13)11-17/h13-15,19H,4-12H2,1-3H3. The van der Waals surface area contributed by atoms with Crippen LogP contribution in [0.1, 0.15) is 58.8 Å². The zero-order valence-electron chi connectivity index (χ0n) is 13.0. The average Bonchev–Trinajstić information content (AvgIpc) is 2.22. The van der Waals surface area contributed by atoms with Crippen LogP contribution in [0.15, 0.2) is 0 Å². The molecule has 0 amide bonds. The van der Waals surface area contributed by atoms with Crippen molar-refractivity contribution >= 4 is 0 Å². The number of likely N-dealkylation sites (N-methyl/N-ethyl adjacent to an activating group) is 1. The van der Waals surface area contributed by atoms with Gasteiger partial charge in [-0.15, -0.1) is 0 Å². The number of hydrogen-bond donors (Lipinski definition) is 1. The van der Waals surface area contributed by atoms with Gasteiger partial charge in [0.1, 0.15) is 0 Å². The molecular weight excluding hydrogens is 234 g/mol. The molecule has 4 aliphatic carbocycles. The maximum Gasteiger partial charge on any atom is 0.0718 e. The summed E-state index contributed by atoms with van der Waals surface area (Å²) in [5, 5.41) is 9.91. The highest BCUT2D eigenvalue weighted by atomic mass is 16.3. The summed E-state index contributed by atoms with van der Waals surface area (Å²) in [5.41, 5.74) is 0.124. The minimum atomic E-state index is -0.559. The first-order valence-corrected chi connectivity index (χ1v) is 8.25. The van der Waals surface area contributed by atoms with Crippen molar-refractivity contribution in [2.75, 3.05) is 20.1 Å². The van der Waals surface area contributed by atoms with Gasteiger partial charge >= 0.3 is 0 Å². The Balaban J connectivity index is 1.55. The Kier molecular flexibility index (Phi) is 3.46. The quantitative estimate of drug-likeness (QED) is 0.824. The van der Waals surface area contributed by atoms with E-state index in [1.54, 1.807) is 0 Å². The summed E-state index contributed by atoms with van der Waals surface area (Å²) in [5.74, 6) is 3.18. The molecule has 19 heavy (non-hydrogen) atoms. The van der Waals surface area contributed by atoms with Crippen molar-refractivity contribution in [1.82, 2.24) is 4.90 Å². The molecule has 0 saturated heterocycles. The summed E-state index contributed by atoms with van der Waals surface area (Å²) in [6, 6.07) is 0. The molecule has 1 N–H and O–H groups in total. The average molecular weight is 265 g/mol. The van der Waals surface area contributed by atoms with Crippen LogP contribution in [0, 0.1) is 23.2 Å². The van der Waals surface area contributed by atoms with Crippen molar-refractivity contribution in [3.63, 3.8) is 0 Å². The molecule has 4 aliphatic rings. The Bertz CT molecular complexity index is 295. The van der Waals surface area contributed by atoms with Crippen LogP contribution in [0.5, 0.6) is 0 Å². The van der Waals surface area contributed by atoms with Gasteiger partial charge in [0.2, 0.25) is 0 Å². The van der Waals surface area contributed by atoms with Crippen molar-refractivity contribution in [2.24, 2.45) is 23.2 Å². The van der Waals surface area contributed by atoms with Crippen LogP contribution in [0.3, 0.4) is 0 Å². The van der Waals surface area contributed by atoms with E-state index >= 15 is 0 Å². The molecule has 2 heteroatoms. The third-order valence-electron chi connectivity index (χ3n) is 5.85. The summed E-state index contributed by atoms with van der Waals surface area (Å²) in [4.78, 5) is 2.33. The Morgan fingerprint density at radius 3 is 1.95 bits per heavy atom. The summed E-state index contributed by atoms with van der Waals surface area (Å²) in [7, 11) is 2.17. The maximum atomic E-state index is 9.91. The number of aliphatic hydroxyl groups is 1. The van der Waals surface area contributed by atoms with Gasteiger partial charge in [0.25, 0.3) is 0 Å². The SMILES string of the molecule is CN(CCC12CC3CC(CC(C3)C1)C2)CC(C)(C)O. The molecule has 0 radical (unpaired) electrons. The van der Waals surface area contributed by atoms with Gasteiger partial charge in [-0.25, -0.2) is 0 Å². The number of rotatable bonds is 5. The first-order valence-electron chi connectivity index (χ1n) is 8.25. The summed E-state index contributed by atoms with van der Waals surface area (Å²) in [6.07, 6.45) is 10.5. The molecule has 2 nitrogen and oxygen atoms in total. The van der Waals surface area contributed by atoms with E-state index in [0.717, 1.165) is 30.8 Å². The zero-order valence-corrected chi connectivity index (χ0v) is 13.0. The number of nitrogens with zero attached hydrogens (tertiary/aromatic N) is 1. The van der Waals surface area contributed by atoms with Crippen LogP contribution in [0.25, 0.3) is 0 Å². The van der Waals surface area contributed by atoms with Crippen LogP contribution in [-0.4, -0.2) is 35.7 Å². The van der Waals surface area contributed by atoms with Gasteiger partial charge in [-0.2, -0.15) is 0 Å². The van der Waals surface area contributed by atoms with Crippen molar-refractivity contribution in [3.8, 4) is 0 Å². The lowest BCUT2D eigenvalue weighted by Gasteiger charge is -2.57. The van der Waals surface area contributed by atoms with E-state index in [0.29, 0.717) is 5.41 Å². The van der Waals surface area contributed by atoms with Gasteiger partial charge in [0, 0.05) is 6.54 Å². The lowest BCUT2D eigenvalue weighted by atomic mass is 9.49. The van der Waals surface area contributed by atoms with Crippen molar-refractivity contribution < 1.29 is 5.11 Å². The normalized spacial score (nSPS) is 41.2. The first-order chi connectivity index (χ1) is 8.84. The molecular formula is C17H31NO. The fourth-order valence-electron chi connectivity index (χ4n) is 5.76. The van der Waals surface area contributed by atoms with Crippen LogP contribution in [0.4, 0.5) is 0 Å². The fourth-order valence-corrected chi connectivity index (χ4v) is 5.76. The molecule has 0 heterocycles. The summed E-state index contributed by atoms with van der Waals surface area (Å²) >= 11 is 0. The molecule has 0 aromatic heterocycles. The molecule has 4 bridgehead atoms.